The van der Waals surface area contributed by atoms with E-state index in [2.05, 4.69) is 22.9 Å². The molecule has 0 saturated heterocycles. The summed E-state index contributed by atoms with van der Waals surface area (Å²) >= 11 is 0. The van der Waals surface area contributed by atoms with Gasteiger partial charge >= 0.3 is 12.0 Å². The van der Waals surface area contributed by atoms with Gasteiger partial charge in [-0.1, -0.05) is 31.9 Å². The minimum absolute atomic E-state index is 0.0756. The largest absolute Gasteiger partial charge is 0.452 e. The highest BCUT2D eigenvalue weighted by molar-refractivity contribution is 5.99. The Morgan fingerprint density at radius 2 is 1.88 bits per heavy atom. The molecule has 7 heteroatoms. The predicted octanol–water partition coefficient (Wildman–Crippen LogP) is 2.29. The molecule has 3 amide bonds. The Kier molecular flexibility index (Phi) is 6.80. The number of esters is 1. The number of hydrogen-bond acceptors (Lipinski definition) is 5. The van der Waals surface area contributed by atoms with Gasteiger partial charge in [0.25, 0.3) is 5.91 Å². The lowest BCUT2D eigenvalue weighted by molar-refractivity contribution is -0.123. The first-order valence-electron chi connectivity index (χ1n) is 8.55. The SMILES string of the molecule is CNc1ccccc1C(=O)OCC(=O)NC(=O)N[C@@H]1CCCC[C@@H]1C. The van der Waals surface area contributed by atoms with E-state index in [0.717, 1.165) is 19.3 Å². The second kappa shape index (κ2) is 9.05. The summed E-state index contributed by atoms with van der Waals surface area (Å²) in [6.45, 7) is 1.58. The zero-order chi connectivity index (χ0) is 18.2. The number of carbonyl (C=O) groups excluding carboxylic acids is 3. The van der Waals surface area contributed by atoms with E-state index in [9.17, 15) is 14.4 Å². The van der Waals surface area contributed by atoms with Gasteiger partial charge in [0.2, 0.25) is 0 Å². The van der Waals surface area contributed by atoms with Crippen molar-refractivity contribution < 1.29 is 19.1 Å². The van der Waals surface area contributed by atoms with Crippen molar-refractivity contribution in [2.75, 3.05) is 19.0 Å². The van der Waals surface area contributed by atoms with E-state index < -0.39 is 24.5 Å². The number of nitrogens with one attached hydrogen (secondary N) is 3. The molecule has 7 nitrogen and oxygen atoms in total. The Bertz CT molecular complexity index is 633. The zero-order valence-corrected chi connectivity index (χ0v) is 14.6. The zero-order valence-electron chi connectivity index (χ0n) is 14.6. The van der Waals surface area contributed by atoms with Gasteiger partial charge in [0.15, 0.2) is 6.61 Å². The summed E-state index contributed by atoms with van der Waals surface area (Å²) in [5, 5.41) is 7.90. The molecule has 3 N–H and O–H groups in total. The molecule has 1 aromatic rings. The fraction of sp³-hybridized carbons (Fsp3) is 0.500. The van der Waals surface area contributed by atoms with Gasteiger partial charge < -0.3 is 15.4 Å². The number of imide groups is 1. The molecule has 1 fully saturated rings. The van der Waals surface area contributed by atoms with Crippen LogP contribution in [0, 0.1) is 5.92 Å². The van der Waals surface area contributed by atoms with Gasteiger partial charge in [-0.15, -0.1) is 0 Å². The number of ether oxygens (including phenoxy) is 1. The van der Waals surface area contributed by atoms with E-state index in [0.29, 0.717) is 17.2 Å². The summed E-state index contributed by atoms with van der Waals surface area (Å²) in [5.41, 5.74) is 0.940. The molecule has 0 bridgehead atoms. The number of hydrogen-bond donors (Lipinski definition) is 3. The summed E-state index contributed by atoms with van der Waals surface area (Å²) < 4.78 is 4.97. The highest BCUT2D eigenvalue weighted by atomic mass is 16.5. The molecule has 0 spiro atoms. The molecule has 0 aromatic heterocycles. The summed E-state index contributed by atoms with van der Waals surface area (Å²) in [6, 6.07) is 6.35. The van der Waals surface area contributed by atoms with E-state index in [1.54, 1.807) is 31.3 Å². The monoisotopic (exact) mass is 347 g/mol. The molecule has 0 heterocycles. The number of amides is 3. The summed E-state index contributed by atoms with van der Waals surface area (Å²) in [5.74, 6) is -0.886. The van der Waals surface area contributed by atoms with Crippen molar-refractivity contribution in [1.82, 2.24) is 10.6 Å². The standard InChI is InChI=1S/C18H25N3O4/c1-12-7-3-5-9-14(12)20-18(24)21-16(22)11-25-17(23)13-8-4-6-10-15(13)19-2/h4,6,8,10,12,14,19H,3,5,7,9,11H2,1-2H3,(H2,20,21,22,24)/t12-,14+/m0/s1. The molecule has 1 aliphatic rings. The second-order valence-electron chi connectivity index (χ2n) is 6.26. The van der Waals surface area contributed by atoms with Crippen LogP contribution < -0.4 is 16.0 Å². The lowest BCUT2D eigenvalue weighted by Crippen LogP contribution is -2.48. The van der Waals surface area contributed by atoms with Crippen molar-refractivity contribution in [3.63, 3.8) is 0 Å². The number of rotatable bonds is 5. The van der Waals surface area contributed by atoms with Gasteiger partial charge in [0.05, 0.1) is 5.56 Å². The highest BCUT2D eigenvalue weighted by Crippen LogP contribution is 2.23. The topological polar surface area (TPSA) is 96.5 Å². The average Bonchev–Trinajstić information content (AvgIpc) is 2.61. The van der Waals surface area contributed by atoms with Crippen LogP contribution in [-0.4, -0.2) is 37.6 Å². The van der Waals surface area contributed by atoms with Crippen molar-refractivity contribution in [1.29, 1.82) is 0 Å². The normalized spacial score (nSPS) is 19.6. The molecule has 2 atom stereocenters. The van der Waals surface area contributed by atoms with Crippen molar-refractivity contribution in [2.45, 2.75) is 38.6 Å². The quantitative estimate of drug-likeness (QED) is 0.710. The molecule has 1 saturated carbocycles. The van der Waals surface area contributed by atoms with Gasteiger partial charge in [-0.2, -0.15) is 0 Å². The molecule has 0 radical (unpaired) electrons. The van der Waals surface area contributed by atoms with Gasteiger partial charge in [-0.25, -0.2) is 9.59 Å². The fourth-order valence-electron chi connectivity index (χ4n) is 2.99. The minimum Gasteiger partial charge on any atom is -0.452 e. The molecule has 1 aromatic carbocycles. The number of urea groups is 1. The Hall–Kier alpha value is -2.57. The smallest absolute Gasteiger partial charge is 0.340 e. The van der Waals surface area contributed by atoms with Crippen LogP contribution in [0.2, 0.25) is 0 Å². The molecule has 1 aliphatic carbocycles. The molecule has 0 aliphatic heterocycles. The number of carbonyl (C=O) groups is 3. The van der Waals surface area contributed by atoms with Gasteiger partial charge in [-0.3, -0.25) is 10.1 Å². The van der Waals surface area contributed by atoms with Crippen LogP contribution >= 0.6 is 0 Å². The fourth-order valence-corrected chi connectivity index (χ4v) is 2.99. The second-order valence-corrected chi connectivity index (χ2v) is 6.26. The average molecular weight is 347 g/mol. The van der Waals surface area contributed by atoms with Crippen molar-refractivity contribution in [3.8, 4) is 0 Å². The first-order valence-corrected chi connectivity index (χ1v) is 8.55. The Labute approximate surface area is 147 Å². The van der Waals surface area contributed by atoms with Crippen LogP contribution in [-0.2, 0) is 9.53 Å². The maximum atomic E-state index is 12.0. The lowest BCUT2D eigenvalue weighted by Gasteiger charge is -2.29. The summed E-state index contributed by atoms with van der Waals surface area (Å²) in [7, 11) is 1.69. The Morgan fingerprint density at radius 1 is 1.16 bits per heavy atom. The van der Waals surface area contributed by atoms with E-state index in [-0.39, 0.29) is 6.04 Å². The van der Waals surface area contributed by atoms with Gasteiger partial charge in [0.1, 0.15) is 0 Å². The Morgan fingerprint density at radius 3 is 2.60 bits per heavy atom. The van der Waals surface area contributed by atoms with Crippen LogP contribution in [0.4, 0.5) is 10.5 Å². The van der Waals surface area contributed by atoms with E-state index in [1.165, 1.54) is 6.42 Å². The van der Waals surface area contributed by atoms with Crippen molar-refractivity contribution in [2.24, 2.45) is 5.92 Å². The third kappa shape index (κ3) is 5.48. The minimum atomic E-state index is -0.656. The van der Waals surface area contributed by atoms with Crippen LogP contribution in [0.25, 0.3) is 0 Å². The van der Waals surface area contributed by atoms with E-state index in [4.69, 9.17) is 4.74 Å². The summed E-state index contributed by atoms with van der Waals surface area (Å²) in [4.78, 5) is 35.7. The number of anilines is 1. The lowest BCUT2D eigenvalue weighted by atomic mass is 9.86. The van der Waals surface area contributed by atoms with E-state index >= 15 is 0 Å². The maximum Gasteiger partial charge on any atom is 0.340 e. The molecule has 136 valence electrons. The molecular weight excluding hydrogens is 322 g/mol. The van der Waals surface area contributed by atoms with Gasteiger partial charge in [0, 0.05) is 18.8 Å². The maximum absolute atomic E-state index is 12.0. The van der Waals surface area contributed by atoms with Crippen LogP contribution in [0.1, 0.15) is 43.0 Å². The molecular formula is C18H25N3O4. The third-order valence-electron chi connectivity index (χ3n) is 4.43. The molecule has 25 heavy (non-hydrogen) atoms. The van der Waals surface area contributed by atoms with Crippen molar-refractivity contribution in [3.05, 3.63) is 29.8 Å². The number of benzene rings is 1. The highest BCUT2D eigenvalue weighted by Gasteiger charge is 2.23. The van der Waals surface area contributed by atoms with Gasteiger partial charge in [-0.05, 0) is 30.9 Å². The van der Waals surface area contributed by atoms with Crippen LogP contribution in [0.15, 0.2) is 24.3 Å². The van der Waals surface area contributed by atoms with Crippen molar-refractivity contribution >= 4 is 23.6 Å². The molecule has 0 unspecified atom stereocenters. The van der Waals surface area contributed by atoms with E-state index in [1.807, 2.05) is 0 Å². The Balaban J connectivity index is 1.78. The molecule has 2 rings (SSSR count). The first-order chi connectivity index (χ1) is 12.0. The van der Waals surface area contributed by atoms with Crippen LogP contribution in [0.5, 0.6) is 0 Å². The first kappa shape index (κ1) is 18.8. The summed E-state index contributed by atoms with van der Waals surface area (Å²) in [6.07, 6.45) is 4.23. The van der Waals surface area contributed by atoms with Crippen LogP contribution in [0.3, 0.4) is 0 Å². The predicted molar refractivity (Wildman–Crippen MR) is 94.4 cm³/mol. The third-order valence-corrected chi connectivity index (χ3v) is 4.43. The number of para-hydroxylation sites is 1.